The predicted molar refractivity (Wildman–Crippen MR) is 51.7 cm³/mol. The van der Waals surface area contributed by atoms with Crippen molar-refractivity contribution in [2.45, 2.75) is 45.8 Å². The van der Waals surface area contributed by atoms with Crippen molar-refractivity contribution in [1.29, 1.82) is 0 Å². The average molecular weight is 202 g/mol. The molecular formula is C10H18O4. The molecule has 0 aliphatic carbocycles. The van der Waals surface area contributed by atoms with Crippen LogP contribution in [0.25, 0.3) is 0 Å². The summed E-state index contributed by atoms with van der Waals surface area (Å²) >= 11 is 0. The minimum Gasteiger partial charge on any atom is -0.462 e. The van der Waals surface area contributed by atoms with Crippen LogP contribution in [0.15, 0.2) is 0 Å². The van der Waals surface area contributed by atoms with Crippen LogP contribution in [0.3, 0.4) is 0 Å². The molecule has 0 bridgehead atoms. The molecule has 0 saturated heterocycles. The monoisotopic (exact) mass is 202 g/mol. The van der Waals surface area contributed by atoms with E-state index < -0.39 is 12.1 Å². The lowest BCUT2D eigenvalue weighted by Gasteiger charge is -2.19. The van der Waals surface area contributed by atoms with Crippen molar-refractivity contribution in [2.75, 3.05) is 0 Å². The third-order valence-corrected chi connectivity index (χ3v) is 1.82. The molecule has 0 aromatic rings. The first-order chi connectivity index (χ1) is 6.47. The Bertz CT molecular complexity index is 187. The molecule has 1 N–H and O–H groups in total. The summed E-state index contributed by atoms with van der Waals surface area (Å²) in [4.78, 5) is 21.4. The third-order valence-electron chi connectivity index (χ3n) is 1.82. The SMILES string of the molecule is CC(O)CC(=O)OC(CC=O)C(C)C. The van der Waals surface area contributed by atoms with E-state index in [0.29, 0.717) is 0 Å². The lowest BCUT2D eigenvalue weighted by atomic mass is 10.1. The lowest BCUT2D eigenvalue weighted by molar-refractivity contribution is -0.153. The zero-order chi connectivity index (χ0) is 11.1. The summed E-state index contributed by atoms with van der Waals surface area (Å²) in [6.45, 7) is 5.28. The van der Waals surface area contributed by atoms with Gasteiger partial charge in [0.15, 0.2) is 0 Å². The highest BCUT2D eigenvalue weighted by Gasteiger charge is 2.18. The minimum absolute atomic E-state index is 0.0257. The summed E-state index contributed by atoms with van der Waals surface area (Å²) in [5.41, 5.74) is 0. The molecule has 0 heterocycles. The normalized spacial score (nSPS) is 14.9. The number of carbonyl (C=O) groups excluding carboxylic acids is 2. The standard InChI is InChI=1S/C10H18O4/c1-7(2)9(4-5-11)14-10(13)6-8(3)12/h5,7-9,12H,4,6H2,1-3H3. The van der Waals surface area contributed by atoms with Gasteiger partial charge >= 0.3 is 5.97 Å². The largest absolute Gasteiger partial charge is 0.462 e. The molecule has 0 aromatic carbocycles. The molecule has 0 rings (SSSR count). The van der Waals surface area contributed by atoms with E-state index in [1.54, 1.807) is 0 Å². The lowest BCUT2D eigenvalue weighted by Crippen LogP contribution is -2.25. The molecular weight excluding hydrogens is 184 g/mol. The van der Waals surface area contributed by atoms with Gasteiger partial charge in [-0.1, -0.05) is 13.8 Å². The van der Waals surface area contributed by atoms with Crippen LogP contribution in [0.4, 0.5) is 0 Å². The molecule has 14 heavy (non-hydrogen) atoms. The van der Waals surface area contributed by atoms with Crippen molar-refractivity contribution in [3.63, 3.8) is 0 Å². The van der Waals surface area contributed by atoms with Crippen molar-refractivity contribution in [3.8, 4) is 0 Å². The summed E-state index contributed by atoms with van der Waals surface area (Å²) in [6.07, 6.45) is -0.156. The molecule has 82 valence electrons. The van der Waals surface area contributed by atoms with E-state index in [1.165, 1.54) is 6.92 Å². The van der Waals surface area contributed by atoms with Crippen molar-refractivity contribution < 1.29 is 19.4 Å². The highest BCUT2D eigenvalue weighted by molar-refractivity contribution is 5.70. The maximum atomic E-state index is 11.1. The highest BCUT2D eigenvalue weighted by Crippen LogP contribution is 2.11. The van der Waals surface area contributed by atoms with Gasteiger partial charge in [0.1, 0.15) is 12.4 Å². The number of esters is 1. The molecule has 0 aliphatic heterocycles. The van der Waals surface area contributed by atoms with Gasteiger partial charge in [0.05, 0.1) is 12.5 Å². The molecule has 4 heteroatoms. The Balaban J connectivity index is 4.02. The second-order valence-electron chi connectivity index (χ2n) is 3.73. The maximum absolute atomic E-state index is 11.1. The summed E-state index contributed by atoms with van der Waals surface area (Å²) < 4.78 is 5.03. The fourth-order valence-corrected chi connectivity index (χ4v) is 1.01. The zero-order valence-electron chi connectivity index (χ0n) is 8.90. The number of hydrogen-bond acceptors (Lipinski definition) is 4. The average Bonchev–Trinajstić information content (AvgIpc) is 2.01. The van der Waals surface area contributed by atoms with Crippen molar-refractivity contribution in [2.24, 2.45) is 5.92 Å². The van der Waals surface area contributed by atoms with Gasteiger partial charge in [0.2, 0.25) is 0 Å². The van der Waals surface area contributed by atoms with Gasteiger partial charge in [0, 0.05) is 6.42 Å². The Hall–Kier alpha value is -0.900. The smallest absolute Gasteiger partial charge is 0.308 e. The Morgan fingerprint density at radius 1 is 1.43 bits per heavy atom. The van der Waals surface area contributed by atoms with Crippen molar-refractivity contribution in [3.05, 3.63) is 0 Å². The van der Waals surface area contributed by atoms with Gasteiger partial charge in [-0.05, 0) is 12.8 Å². The van der Waals surface area contributed by atoms with Crippen LogP contribution in [0, 0.1) is 5.92 Å². The number of aldehydes is 1. The van der Waals surface area contributed by atoms with E-state index in [0.717, 1.165) is 6.29 Å². The highest BCUT2D eigenvalue weighted by atomic mass is 16.5. The van der Waals surface area contributed by atoms with E-state index in [9.17, 15) is 9.59 Å². The molecule has 0 saturated carbocycles. The van der Waals surface area contributed by atoms with E-state index in [1.807, 2.05) is 13.8 Å². The first-order valence-electron chi connectivity index (χ1n) is 4.78. The number of ether oxygens (including phenoxy) is 1. The number of hydrogen-bond donors (Lipinski definition) is 1. The summed E-state index contributed by atoms with van der Waals surface area (Å²) in [6, 6.07) is 0. The Morgan fingerprint density at radius 3 is 2.36 bits per heavy atom. The molecule has 0 fully saturated rings. The molecule has 2 atom stereocenters. The van der Waals surface area contributed by atoms with Crippen LogP contribution in [0.5, 0.6) is 0 Å². The van der Waals surface area contributed by atoms with Gasteiger partial charge in [-0.25, -0.2) is 0 Å². The quantitative estimate of drug-likeness (QED) is 0.513. The molecule has 2 unspecified atom stereocenters. The first kappa shape index (κ1) is 13.1. The van der Waals surface area contributed by atoms with Crippen molar-refractivity contribution >= 4 is 12.3 Å². The van der Waals surface area contributed by atoms with Crippen LogP contribution in [0.1, 0.15) is 33.6 Å². The summed E-state index contributed by atoms with van der Waals surface area (Å²) in [5.74, 6) is -0.348. The molecule has 4 nitrogen and oxygen atoms in total. The zero-order valence-corrected chi connectivity index (χ0v) is 8.90. The molecule has 0 aliphatic rings. The van der Waals surface area contributed by atoms with Gasteiger partial charge < -0.3 is 14.6 Å². The minimum atomic E-state index is -0.702. The van der Waals surface area contributed by atoms with Gasteiger partial charge in [-0.3, -0.25) is 4.79 Å². The summed E-state index contributed by atoms with van der Waals surface area (Å²) in [5, 5.41) is 8.93. The van der Waals surface area contributed by atoms with Gasteiger partial charge in [-0.2, -0.15) is 0 Å². The number of aliphatic hydroxyl groups is 1. The number of carbonyl (C=O) groups is 2. The third kappa shape index (κ3) is 5.70. The Kier molecular flexibility index (Phi) is 6.12. The van der Waals surface area contributed by atoms with Crippen LogP contribution in [0.2, 0.25) is 0 Å². The Morgan fingerprint density at radius 2 is 2.00 bits per heavy atom. The van der Waals surface area contributed by atoms with Gasteiger partial charge in [0.25, 0.3) is 0 Å². The molecule has 0 aromatic heterocycles. The second-order valence-corrected chi connectivity index (χ2v) is 3.73. The second kappa shape index (κ2) is 6.54. The van der Waals surface area contributed by atoms with E-state index in [2.05, 4.69) is 0 Å². The summed E-state index contributed by atoms with van der Waals surface area (Å²) in [7, 11) is 0. The molecule has 0 amide bonds. The molecule has 0 spiro atoms. The van der Waals surface area contributed by atoms with Crippen LogP contribution in [-0.2, 0) is 14.3 Å². The topological polar surface area (TPSA) is 63.6 Å². The Labute approximate surface area is 84.3 Å². The van der Waals surface area contributed by atoms with E-state index >= 15 is 0 Å². The van der Waals surface area contributed by atoms with E-state index in [4.69, 9.17) is 9.84 Å². The van der Waals surface area contributed by atoms with Crippen LogP contribution in [-0.4, -0.2) is 29.6 Å². The van der Waals surface area contributed by atoms with Crippen LogP contribution >= 0.6 is 0 Å². The number of rotatable bonds is 6. The number of aliphatic hydroxyl groups excluding tert-OH is 1. The van der Waals surface area contributed by atoms with Crippen molar-refractivity contribution in [1.82, 2.24) is 0 Å². The van der Waals surface area contributed by atoms with E-state index in [-0.39, 0.29) is 24.9 Å². The van der Waals surface area contributed by atoms with Gasteiger partial charge in [-0.15, -0.1) is 0 Å². The fourth-order valence-electron chi connectivity index (χ4n) is 1.01. The first-order valence-corrected chi connectivity index (χ1v) is 4.78. The molecule has 0 radical (unpaired) electrons. The van der Waals surface area contributed by atoms with Crippen LogP contribution < -0.4 is 0 Å². The fraction of sp³-hybridized carbons (Fsp3) is 0.800. The maximum Gasteiger partial charge on any atom is 0.308 e. The predicted octanol–water partition coefficient (Wildman–Crippen LogP) is 0.914.